The van der Waals surface area contributed by atoms with Gasteiger partial charge in [0.2, 0.25) is 0 Å². The third-order valence-corrected chi connectivity index (χ3v) is 5.00. The summed E-state index contributed by atoms with van der Waals surface area (Å²) in [4.78, 5) is 13.8. The molecule has 1 atom stereocenters. The van der Waals surface area contributed by atoms with Gasteiger partial charge in [0.1, 0.15) is 21.5 Å². The lowest BCUT2D eigenvalue weighted by molar-refractivity contribution is 0.100. The highest BCUT2D eigenvalue weighted by Gasteiger charge is 2.30. The summed E-state index contributed by atoms with van der Waals surface area (Å²) in [7, 11) is 0. The van der Waals surface area contributed by atoms with E-state index in [4.69, 9.17) is 11.5 Å². The molecule has 0 aliphatic carbocycles. The second-order valence-electron chi connectivity index (χ2n) is 5.24. The minimum Gasteiger partial charge on any atom is -0.396 e. The number of nitriles is 1. The smallest absolute Gasteiger partial charge is 0.261 e. The van der Waals surface area contributed by atoms with Crippen molar-refractivity contribution in [1.29, 1.82) is 5.26 Å². The van der Waals surface area contributed by atoms with Crippen LogP contribution >= 0.6 is 11.3 Å². The van der Waals surface area contributed by atoms with Crippen molar-refractivity contribution < 1.29 is 4.79 Å². The Morgan fingerprint density at radius 2 is 2.26 bits per heavy atom. The zero-order valence-corrected chi connectivity index (χ0v) is 12.0. The first-order chi connectivity index (χ1) is 8.95. The lowest BCUT2D eigenvalue weighted by Crippen LogP contribution is -2.21. The Balaban J connectivity index is 2.34. The third-order valence-electron chi connectivity index (χ3n) is 3.72. The Morgan fingerprint density at radius 1 is 1.58 bits per heavy atom. The van der Waals surface area contributed by atoms with E-state index in [0.29, 0.717) is 22.3 Å². The van der Waals surface area contributed by atoms with Gasteiger partial charge in [-0.1, -0.05) is 13.8 Å². The first-order valence-corrected chi connectivity index (χ1v) is 7.14. The molecule has 19 heavy (non-hydrogen) atoms. The van der Waals surface area contributed by atoms with Crippen molar-refractivity contribution >= 4 is 27.9 Å². The van der Waals surface area contributed by atoms with E-state index in [2.05, 4.69) is 24.8 Å². The molecule has 1 aromatic heterocycles. The fourth-order valence-corrected chi connectivity index (χ4v) is 3.52. The molecule has 6 heteroatoms. The number of amides is 1. The van der Waals surface area contributed by atoms with Crippen LogP contribution in [0, 0.1) is 23.2 Å². The number of hydrogen-bond acceptors (Lipinski definition) is 5. The molecular weight excluding hydrogens is 260 g/mol. The van der Waals surface area contributed by atoms with Crippen LogP contribution in [0.4, 0.5) is 10.7 Å². The number of rotatable bonds is 3. The van der Waals surface area contributed by atoms with E-state index < -0.39 is 5.91 Å². The van der Waals surface area contributed by atoms with Gasteiger partial charge in [-0.2, -0.15) is 5.26 Å². The van der Waals surface area contributed by atoms with Gasteiger partial charge in [-0.25, -0.2) is 0 Å². The predicted octanol–water partition coefficient (Wildman–Crippen LogP) is 1.78. The highest BCUT2D eigenvalue weighted by atomic mass is 32.1. The molecule has 4 N–H and O–H groups in total. The number of primary amides is 1. The largest absolute Gasteiger partial charge is 0.396 e. The molecule has 1 fully saturated rings. The molecule has 0 radical (unpaired) electrons. The van der Waals surface area contributed by atoms with Crippen LogP contribution in [0.1, 0.15) is 35.5 Å². The number of carbonyl (C=O) groups excluding carboxylic acids is 1. The molecule has 1 aliphatic heterocycles. The van der Waals surface area contributed by atoms with Crippen LogP contribution in [0.15, 0.2) is 0 Å². The van der Waals surface area contributed by atoms with E-state index in [-0.39, 0.29) is 5.69 Å². The summed E-state index contributed by atoms with van der Waals surface area (Å²) in [5.74, 6) is 0.667. The number of hydrogen-bond donors (Lipinski definition) is 2. The monoisotopic (exact) mass is 278 g/mol. The van der Waals surface area contributed by atoms with Crippen LogP contribution in [-0.2, 0) is 0 Å². The quantitative estimate of drug-likeness (QED) is 0.880. The number of carbonyl (C=O) groups is 1. The van der Waals surface area contributed by atoms with Crippen LogP contribution in [0.5, 0.6) is 0 Å². The van der Waals surface area contributed by atoms with Gasteiger partial charge in [0.15, 0.2) is 0 Å². The SMILES string of the molecule is CC(C)C1CCN(c2sc(C(N)=O)c(N)c2C#N)C1. The second kappa shape index (κ2) is 5.10. The zero-order valence-electron chi connectivity index (χ0n) is 11.1. The molecule has 0 aromatic carbocycles. The van der Waals surface area contributed by atoms with E-state index in [1.807, 2.05) is 0 Å². The zero-order chi connectivity index (χ0) is 14.2. The molecule has 0 saturated carbocycles. The van der Waals surface area contributed by atoms with Crippen LogP contribution in [0.3, 0.4) is 0 Å². The average Bonchev–Trinajstić information content (AvgIpc) is 2.92. The van der Waals surface area contributed by atoms with Crippen LogP contribution in [0.2, 0.25) is 0 Å². The van der Waals surface area contributed by atoms with E-state index >= 15 is 0 Å². The van der Waals surface area contributed by atoms with Gasteiger partial charge in [0.05, 0.1) is 5.69 Å². The molecule has 1 saturated heterocycles. The van der Waals surface area contributed by atoms with Crippen LogP contribution < -0.4 is 16.4 Å². The van der Waals surface area contributed by atoms with E-state index in [1.54, 1.807) is 0 Å². The van der Waals surface area contributed by atoms with Crippen LogP contribution in [0.25, 0.3) is 0 Å². The van der Waals surface area contributed by atoms with Gasteiger partial charge in [-0.3, -0.25) is 4.79 Å². The highest BCUT2D eigenvalue weighted by molar-refractivity contribution is 7.19. The molecule has 1 aromatic rings. The summed E-state index contributed by atoms with van der Waals surface area (Å²) >= 11 is 1.23. The number of nitrogens with zero attached hydrogens (tertiary/aromatic N) is 2. The van der Waals surface area contributed by atoms with E-state index in [0.717, 1.165) is 24.5 Å². The first kappa shape index (κ1) is 13.7. The van der Waals surface area contributed by atoms with Crippen molar-refractivity contribution in [2.24, 2.45) is 17.6 Å². The van der Waals surface area contributed by atoms with Gasteiger partial charge < -0.3 is 16.4 Å². The highest BCUT2D eigenvalue weighted by Crippen LogP contribution is 2.40. The number of nitrogen functional groups attached to an aromatic ring is 1. The summed E-state index contributed by atoms with van der Waals surface area (Å²) in [5, 5.41) is 10.0. The van der Waals surface area contributed by atoms with Gasteiger partial charge in [0, 0.05) is 13.1 Å². The van der Waals surface area contributed by atoms with Gasteiger partial charge in [0.25, 0.3) is 5.91 Å². The number of anilines is 2. The summed E-state index contributed by atoms with van der Waals surface area (Å²) in [6, 6.07) is 2.10. The Labute approximate surface area is 116 Å². The van der Waals surface area contributed by atoms with Gasteiger partial charge >= 0.3 is 0 Å². The summed E-state index contributed by atoms with van der Waals surface area (Å²) in [5.41, 5.74) is 11.7. The summed E-state index contributed by atoms with van der Waals surface area (Å²) in [6.45, 7) is 6.22. The molecule has 0 bridgehead atoms. The molecular formula is C13H18N4OS. The topological polar surface area (TPSA) is 96.1 Å². The maximum Gasteiger partial charge on any atom is 0.261 e. The first-order valence-electron chi connectivity index (χ1n) is 6.32. The molecule has 2 heterocycles. The molecule has 2 rings (SSSR count). The predicted molar refractivity (Wildman–Crippen MR) is 77.1 cm³/mol. The second-order valence-corrected chi connectivity index (χ2v) is 6.24. The minimum atomic E-state index is -0.565. The molecule has 5 nitrogen and oxygen atoms in total. The summed E-state index contributed by atoms with van der Waals surface area (Å²) < 4.78 is 0. The lowest BCUT2D eigenvalue weighted by atomic mass is 9.95. The third kappa shape index (κ3) is 2.38. The van der Waals surface area contributed by atoms with E-state index in [1.165, 1.54) is 11.3 Å². The van der Waals surface area contributed by atoms with Gasteiger partial charge in [-0.05, 0) is 18.3 Å². The van der Waals surface area contributed by atoms with Crippen molar-refractivity contribution in [2.75, 3.05) is 23.7 Å². The van der Waals surface area contributed by atoms with Crippen LogP contribution in [-0.4, -0.2) is 19.0 Å². The average molecular weight is 278 g/mol. The Hall–Kier alpha value is -1.74. The van der Waals surface area contributed by atoms with Crippen molar-refractivity contribution in [1.82, 2.24) is 0 Å². The number of nitrogens with two attached hydrogens (primary N) is 2. The fourth-order valence-electron chi connectivity index (χ4n) is 2.46. The number of thiophene rings is 1. The van der Waals surface area contributed by atoms with E-state index in [9.17, 15) is 10.1 Å². The molecule has 0 spiro atoms. The molecule has 1 aliphatic rings. The molecule has 1 unspecified atom stereocenters. The Morgan fingerprint density at radius 3 is 2.74 bits per heavy atom. The standard InChI is InChI=1S/C13H18N4OS/c1-7(2)8-3-4-17(6-8)13-9(5-14)10(15)11(19-13)12(16)18/h7-8H,3-4,6,15H2,1-2H3,(H2,16,18). The normalized spacial score (nSPS) is 18.8. The molecule has 1 amide bonds. The minimum absolute atomic E-state index is 0.225. The van der Waals surface area contributed by atoms with Crippen molar-refractivity contribution in [3.8, 4) is 6.07 Å². The van der Waals surface area contributed by atoms with Crippen molar-refractivity contribution in [3.63, 3.8) is 0 Å². The van der Waals surface area contributed by atoms with Crippen molar-refractivity contribution in [3.05, 3.63) is 10.4 Å². The Bertz CT molecular complexity index is 544. The van der Waals surface area contributed by atoms with Gasteiger partial charge in [-0.15, -0.1) is 11.3 Å². The maximum atomic E-state index is 11.3. The lowest BCUT2D eigenvalue weighted by Gasteiger charge is -2.18. The Kier molecular flexibility index (Phi) is 3.67. The summed E-state index contributed by atoms with van der Waals surface area (Å²) in [6.07, 6.45) is 1.10. The van der Waals surface area contributed by atoms with Crippen molar-refractivity contribution in [2.45, 2.75) is 20.3 Å². The maximum absolute atomic E-state index is 11.3. The fraction of sp³-hybridized carbons (Fsp3) is 0.538. The molecule has 102 valence electrons.